The van der Waals surface area contributed by atoms with E-state index in [2.05, 4.69) is 27.2 Å². The van der Waals surface area contributed by atoms with Crippen LogP contribution >= 0.6 is 0 Å². The molecular weight excluding hydrogens is 256 g/mol. The lowest BCUT2D eigenvalue weighted by molar-refractivity contribution is -0.121. The Morgan fingerprint density at radius 1 is 1.60 bits per heavy atom. The smallest absolute Gasteiger partial charge is 0.250 e. The lowest BCUT2D eigenvalue weighted by Gasteiger charge is -2.29. The van der Waals surface area contributed by atoms with Gasteiger partial charge in [-0.15, -0.1) is 0 Å². The number of likely N-dealkylation sites (tertiary alicyclic amines) is 1. The van der Waals surface area contributed by atoms with Crippen molar-refractivity contribution >= 4 is 5.91 Å². The van der Waals surface area contributed by atoms with E-state index in [0.717, 1.165) is 19.5 Å². The Bertz CT molecular complexity index is 500. The first-order chi connectivity index (χ1) is 9.63. The second kappa shape index (κ2) is 7.19. The largest absolute Gasteiger partial charge is 0.350 e. The molecule has 2 heterocycles. The molecule has 0 aliphatic carbocycles. The van der Waals surface area contributed by atoms with Crippen molar-refractivity contribution in [2.45, 2.75) is 32.2 Å². The summed E-state index contributed by atoms with van der Waals surface area (Å²) in [4.78, 5) is 31.6. The third kappa shape index (κ3) is 4.77. The monoisotopic (exact) mass is 278 g/mol. The highest BCUT2D eigenvalue weighted by molar-refractivity contribution is 5.75. The van der Waals surface area contributed by atoms with E-state index in [1.54, 1.807) is 0 Å². The van der Waals surface area contributed by atoms with E-state index in [4.69, 9.17) is 0 Å². The molecule has 6 nitrogen and oxygen atoms in total. The van der Waals surface area contributed by atoms with Gasteiger partial charge in [-0.1, -0.05) is 0 Å². The standard InChI is InChI=1S/C14H22N4O2/c1-18-6-2-3-11(9-18)4-5-13(19)15-8-12-7-14(20)17-10-16-12/h7,10-11H,2-6,8-9H2,1H3,(H,15,19)(H,16,17,20). The van der Waals surface area contributed by atoms with Crippen molar-refractivity contribution in [3.05, 3.63) is 28.4 Å². The van der Waals surface area contributed by atoms with Crippen molar-refractivity contribution < 1.29 is 4.79 Å². The maximum absolute atomic E-state index is 11.8. The van der Waals surface area contributed by atoms with E-state index in [0.29, 0.717) is 24.6 Å². The predicted octanol–water partition coefficient (Wildman–Crippen LogP) is 0.508. The van der Waals surface area contributed by atoms with Crippen LogP contribution in [0.5, 0.6) is 0 Å². The Hall–Kier alpha value is -1.69. The Labute approximate surface area is 118 Å². The molecule has 0 bridgehead atoms. The summed E-state index contributed by atoms with van der Waals surface area (Å²) in [6.07, 6.45) is 5.26. The van der Waals surface area contributed by atoms with E-state index in [9.17, 15) is 9.59 Å². The number of rotatable bonds is 5. The maximum Gasteiger partial charge on any atom is 0.250 e. The van der Waals surface area contributed by atoms with Gasteiger partial charge in [0.25, 0.3) is 5.56 Å². The van der Waals surface area contributed by atoms with Crippen LogP contribution in [0.4, 0.5) is 0 Å². The molecule has 0 radical (unpaired) electrons. The highest BCUT2D eigenvalue weighted by Gasteiger charge is 2.17. The van der Waals surface area contributed by atoms with Gasteiger partial charge in [-0.05, 0) is 38.8 Å². The van der Waals surface area contributed by atoms with E-state index < -0.39 is 0 Å². The predicted molar refractivity (Wildman–Crippen MR) is 76.2 cm³/mol. The number of amides is 1. The molecule has 1 aliphatic rings. The molecule has 110 valence electrons. The molecule has 2 N–H and O–H groups in total. The van der Waals surface area contributed by atoms with Gasteiger partial charge in [0.1, 0.15) is 0 Å². The first-order valence-corrected chi connectivity index (χ1v) is 7.12. The number of aromatic amines is 1. The zero-order valence-electron chi connectivity index (χ0n) is 11.9. The van der Waals surface area contributed by atoms with Crippen molar-refractivity contribution in [2.24, 2.45) is 5.92 Å². The molecule has 1 aliphatic heterocycles. The summed E-state index contributed by atoms with van der Waals surface area (Å²) < 4.78 is 0. The zero-order valence-corrected chi connectivity index (χ0v) is 11.9. The highest BCUT2D eigenvalue weighted by atomic mass is 16.1. The second-order valence-corrected chi connectivity index (χ2v) is 5.49. The van der Waals surface area contributed by atoms with Gasteiger partial charge < -0.3 is 15.2 Å². The van der Waals surface area contributed by atoms with E-state index in [1.807, 2.05) is 0 Å². The molecule has 0 aromatic carbocycles. The average molecular weight is 278 g/mol. The van der Waals surface area contributed by atoms with Gasteiger partial charge in [0.05, 0.1) is 18.6 Å². The van der Waals surface area contributed by atoms with Crippen molar-refractivity contribution in [3.8, 4) is 0 Å². The zero-order chi connectivity index (χ0) is 14.4. The molecular formula is C14H22N4O2. The van der Waals surface area contributed by atoms with Crippen LogP contribution in [0.25, 0.3) is 0 Å². The molecule has 1 atom stereocenters. The topological polar surface area (TPSA) is 78.1 Å². The van der Waals surface area contributed by atoms with Gasteiger partial charge in [-0.3, -0.25) is 9.59 Å². The summed E-state index contributed by atoms with van der Waals surface area (Å²) in [5.74, 6) is 0.650. The summed E-state index contributed by atoms with van der Waals surface area (Å²) in [5.41, 5.74) is 0.383. The lowest BCUT2D eigenvalue weighted by Crippen LogP contribution is -2.33. The molecule has 1 aromatic heterocycles. The first kappa shape index (κ1) is 14.7. The van der Waals surface area contributed by atoms with Crippen LogP contribution in [-0.2, 0) is 11.3 Å². The van der Waals surface area contributed by atoms with E-state index in [-0.39, 0.29) is 11.5 Å². The Morgan fingerprint density at radius 3 is 3.20 bits per heavy atom. The fourth-order valence-corrected chi connectivity index (χ4v) is 2.63. The fraction of sp³-hybridized carbons (Fsp3) is 0.643. The molecule has 0 spiro atoms. The van der Waals surface area contributed by atoms with Crippen molar-refractivity contribution in [1.82, 2.24) is 20.2 Å². The van der Waals surface area contributed by atoms with Crippen LogP contribution in [0.15, 0.2) is 17.2 Å². The van der Waals surface area contributed by atoms with Crippen LogP contribution in [0.3, 0.4) is 0 Å². The Balaban J connectivity index is 1.69. The molecule has 1 fully saturated rings. The Morgan fingerprint density at radius 2 is 2.45 bits per heavy atom. The van der Waals surface area contributed by atoms with Gasteiger partial charge in [-0.25, -0.2) is 4.98 Å². The van der Waals surface area contributed by atoms with E-state index >= 15 is 0 Å². The molecule has 20 heavy (non-hydrogen) atoms. The van der Waals surface area contributed by atoms with Crippen molar-refractivity contribution in [3.63, 3.8) is 0 Å². The first-order valence-electron chi connectivity index (χ1n) is 7.12. The van der Waals surface area contributed by atoms with Gasteiger partial charge in [0.2, 0.25) is 5.91 Å². The SMILES string of the molecule is CN1CCCC(CCC(=O)NCc2cc(=O)[nH]cn2)C1. The molecule has 1 aromatic rings. The normalized spacial score (nSPS) is 19.8. The quantitative estimate of drug-likeness (QED) is 0.822. The molecule has 1 unspecified atom stereocenters. The van der Waals surface area contributed by atoms with Crippen LogP contribution in [0.1, 0.15) is 31.4 Å². The fourth-order valence-electron chi connectivity index (χ4n) is 2.63. The summed E-state index contributed by atoms with van der Waals surface area (Å²) >= 11 is 0. The van der Waals surface area contributed by atoms with Gasteiger partial charge in [0.15, 0.2) is 0 Å². The van der Waals surface area contributed by atoms with Crippen LogP contribution in [0, 0.1) is 5.92 Å². The Kier molecular flexibility index (Phi) is 5.29. The number of H-pyrrole nitrogens is 1. The second-order valence-electron chi connectivity index (χ2n) is 5.49. The maximum atomic E-state index is 11.8. The minimum Gasteiger partial charge on any atom is -0.350 e. The highest BCUT2D eigenvalue weighted by Crippen LogP contribution is 2.19. The van der Waals surface area contributed by atoms with Gasteiger partial charge in [0, 0.05) is 19.0 Å². The summed E-state index contributed by atoms with van der Waals surface area (Å²) in [5, 5.41) is 2.81. The molecule has 6 heteroatoms. The number of carbonyl (C=O) groups is 1. The van der Waals surface area contributed by atoms with Crippen LogP contribution in [0.2, 0.25) is 0 Å². The van der Waals surface area contributed by atoms with Crippen LogP contribution < -0.4 is 10.9 Å². The van der Waals surface area contributed by atoms with Crippen molar-refractivity contribution in [1.29, 1.82) is 0 Å². The minimum atomic E-state index is -0.200. The number of nitrogens with one attached hydrogen (secondary N) is 2. The van der Waals surface area contributed by atoms with E-state index in [1.165, 1.54) is 25.2 Å². The third-order valence-electron chi connectivity index (χ3n) is 3.70. The number of nitrogens with zero attached hydrogens (tertiary/aromatic N) is 2. The van der Waals surface area contributed by atoms with Crippen LogP contribution in [-0.4, -0.2) is 40.9 Å². The van der Waals surface area contributed by atoms with Crippen molar-refractivity contribution in [2.75, 3.05) is 20.1 Å². The van der Waals surface area contributed by atoms with Gasteiger partial charge >= 0.3 is 0 Å². The number of piperidine rings is 1. The number of carbonyl (C=O) groups excluding carboxylic acids is 1. The molecule has 2 rings (SSSR count). The molecule has 1 saturated heterocycles. The summed E-state index contributed by atoms with van der Waals surface area (Å²) in [6.45, 7) is 2.56. The molecule has 0 saturated carbocycles. The average Bonchev–Trinajstić information content (AvgIpc) is 2.43. The third-order valence-corrected chi connectivity index (χ3v) is 3.70. The number of hydrogen-bond acceptors (Lipinski definition) is 4. The van der Waals surface area contributed by atoms with Gasteiger partial charge in [-0.2, -0.15) is 0 Å². The lowest BCUT2D eigenvalue weighted by atomic mass is 9.93. The molecule has 1 amide bonds. The minimum absolute atomic E-state index is 0.0281. The number of hydrogen-bond donors (Lipinski definition) is 2. The summed E-state index contributed by atoms with van der Waals surface area (Å²) in [7, 11) is 2.13. The summed E-state index contributed by atoms with van der Waals surface area (Å²) in [6, 6.07) is 1.40. The number of aromatic nitrogens is 2.